The first-order valence-electron chi connectivity index (χ1n) is 9.22. The number of aryl methyl sites for hydroxylation is 1. The zero-order valence-electron chi connectivity index (χ0n) is 14.6. The minimum absolute atomic E-state index is 0.0608. The molecule has 25 heavy (non-hydrogen) atoms. The number of hydrogen-bond donors (Lipinski definition) is 2. The number of carbonyl (C=O) groups is 1. The summed E-state index contributed by atoms with van der Waals surface area (Å²) in [5.41, 5.74) is 4.22. The van der Waals surface area contributed by atoms with E-state index >= 15 is 0 Å². The lowest BCUT2D eigenvalue weighted by atomic mass is 10.0. The first kappa shape index (κ1) is 16.3. The lowest BCUT2D eigenvalue weighted by molar-refractivity contribution is 0.0958. The standard InChI is InChI=1S/C19H24N4O2/c1-2-3-15-17-14(18(24)21-11-12-6-8-20-9-7-12)10-16(13-4-5-13)22-19(17)25-23-15/h6,10,13,20H,2-5,7-9,11H2,1H3,(H,21,24). The van der Waals surface area contributed by atoms with Gasteiger partial charge in [0.25, 0.3) is 11.6 Å². The molecular weight excluding hydrogens is 316 g/mol. The average Bonchev–Trinajstić information content (AvgIpc) is 3.42. The van der Waals surface area contributed by atoms with E-state index in [2.05, 4.69) is 33.8 Å². The molecule has 2 aliphatic rings. The van der Waals surface area contributed by atoms with Gasteiger partial charge in [-0.25, -0.2) is 4.98 Å². The lowest BCUT2D eigenvalue weighted by Crippen LogP contribution is -2.30. The molecule has 0 spiro atoms. The van der Waals surface area contributed by atoms with E-state index in [9.17, 15) is 4.79 Å². The van der Waals surface area contributed by atoms with Gasteiger partial charge in [-0.15, -0.1) is 0 Å². The summed E-state index contributed by atoms with van der Waals surface area (Å²) in [5.74, 6) is 0.400. The van der Waals surface area contributed by atoms with Crippen LogP contribution in [0.2, 0.25) is 0 Å². The van der Waals surface area contributed by atoms with E-state index in [1.54, 1.807) is 0 Å². The fraction of sp³-hybridized carbons (Fsp3) is 0.526. The van der Waals surface area contributed by atoms with E-state index in [0.717, 1.165) is 62.0 Å². The summed E-state index contributed by atoms with van der Waals surface area (Å²) in [6.07, 6.45) is 7.14. The molecular formula is C19H24N4O2. The van der Waals surface area contributed by atoms with E-state index in [4.69, 9.17) is 4.52 Å². The highest BCUT2D eigenvalue weighted by atomic mass is 16.5. The molecule has 1 amide bonds. The van der Waals surface area contributed by atoms with Crippen molar-refractivity contribution < 1.29 is 9.32 Å². The molecule has 1 aliphatic carbocycles. The van der Waals surface area contributed by atoms with Gasteiger partial charge in [-0.3, -0.25) is 4.79 Å². The van der Waals surface area contributed by atoms with Crippen molar-refractivity contribution in [3.05, 3.63) is 34.7 Å². The predicted octanol–water partition coefficient (Wildman–Crippen LogP) is 2.70. The highest BCUT2D eigenvalue weighted by Crippen LogP contribution is 2.40. The molecule has 2 aromatic rings. The number of pyridine rings is 1. The fourth-order valence-corrected chi connectivity index (χ4v) is 3.32. The van der Waals surface area contributed by atoms with E-state index < -0.39 is 0 Å². The number of hydrogen-bond acceptors (Lipinski definition) is 5. The van der Waals surface area contributed by atoms with Crippen molar-refractivity contribution in [3.63, 3.8) is 0 Å². The summed E-state index contributed by atoms with van der Waals surface area (Å²) in [7, 11) is 0. The Morgan fingerprint density at radius 1 is 1.44 bits per heavy atom. The number of amides is 1. The number of aromatic nitrogens is 2. The van der Waals surface area contributed by atoms with Gasteiger partial charge in [0.05, 0.1) is 16.6 Å². The molecule has 2 N–H and O–H groups in total. The monoisotopic (exact) mass is 340 g/mol. The van der Waals surface area contributed by atoms with Crippen LogP contribution < -0.4 is 10.6 Å². The molecule has 3 heterocycles. The Morgan fingerprint density at radius 3 is 3.04 bits per heavy atom. The summed E-state index contributed by atoms with van der Waals surface area (Å²) in [5, 5.41) is 11.3. The predicted molar refractivity (Wildman–Crippen MR) is 95.7 cm³/mol. The van der Waals surface area contributed by atoms with Crippen molar-refractivity contribution in [2.75, 3.05) is 19.6 Å². The second-order valence-electron chi connectivity index (χ2n) is 6.93. The average molecular weight is 340 g/mol. The van der Waals surface area contributed by atoms with Crippen LogP contribution in [0.4, 0.5) is 0 Å². The van der Waals surface area contributed by atoms with Crippen LogP contribution in [0, 0.1) is 0 Å². The maximum atomic E-state index is 12.9. The maximum Gasteiger partial charge on any atom is 0.259 e. The van der Waals surface area contributed by atoms with E-state index in [-0.39, 0.29) is 5.91 Å². The third kappa shape index (κ3) is 3.44. The van der Waals surface area contributed by atoms with Crippen LogP contribution in [0.3, 0.4) is 0 Å². The van der Waals surface area contributed by atoms with Gasteiger partial charge in [0.15, 0.2) is 0 Å². The van der Waals surface area contributed by atoms with Gasteiger partial charge in [0.2, 0.25) is 0 Å². The third-order valence-corrected chi connectivity index (χ3v) is 4.90. The van der Waals surface area contributed by atoms with Gasteiger partial charge in [-0.05, 0) is 38.3 Å². The van der Waals surface area contributed by atoms with Crippen LogP contribution in [-0.2, 0) is 6.42 Å². The molecule has 2 aromatic heterocycles. The molecule has 0 unspecified atom stereocenters. The summed E-state index contributed by atoms with van der Waals surface area (Å²) < 4.78 is 5.44. The van der Waals surface area contributed by atoms with Gasteiger partial charge < -0.3 is 15.2 Å². The van der Waals surface area contributed by atoms with Crippen molar-refractivity contribution in [1.82, 2.24) is 20.8 Å². The number of carbonyl (C=O) groups excluding carboxylic acids is 1. The molecule has 132 valence electrons. The van der Waals surface area contributed by atoms with Crippen molar-refractivity contribution in [2.45, 2.75) is 44.9 Å². The minimum atomic E-state index is -0.0608. The second kappa shape index (κ2) is 6.96. The zero-order chi connectivity index (χ0) is 17.2. The fourth-order valence-electron chi connectivity index (χ4n) is 3.32. The maximum absolute atomic E-state index is 12.9. The number of nitrogens with one attached hydrogen (secondary N) is 2. The van der Waals surface area contributed by atoms with Gasteiger partial charge in [-0.2, -0.15) is 0 Å². The van der Waals surface area contributed by atoms with E-state index in [1.165, 1.54) is 5.57 Å². The number of fused-ring (bicyclic) bond motifs is 1. The normalized spacial score (nSPS) is 17.6. The van der Waals surface area contributed by atoms with Gasteiger partial charge >= 0.3 is 0 Å². The van der Waals surface area contributed by atoms with Crippen LogP contribution in [0.25, 0.3) is 11.1 Å². The van der Waals surface area contributed by atoms with Crippen LogP contribution in [0.1, 0.15) is 60.3 Å². The van der Waals surface area contributed by atoms with Gasteiger partial charge in [0.1, 0.15) is 0 Å². The highest BCUT2D eigenvalue weighted by Gasteiger charge is 2.29. The Hall–Kier alpha value is -2.21. The third-order valence-electron chi connectivity index (χ3n) is 4.90. The van der Waals surface area contributed by atoms with Gasteiger partial charge in [0, 0.05) is 24.7 Å². The topological polar surface area (TPSA) is 80.0 Å². The Kier molecular flexibility index (Phi) is 4.53. The summed E-state index contributed by atoms with van der Waals surface area (Å²) >= 11 is 0. The molecule has 0 atom stereocenters. The number of nitrogens with zero attached hydrogens (tertiary/aromatic N) is 2. The summed E-state index contributed by atoms with van der Waals surface area (Å²) in [6, 6.07) is 1.95. The molecule has 1 aliphatic heterocycles. The molecule has 6 nitrogen and oxygen atoms in total. The van der Waals surface area contributed by atoms with Crippen LogP contribution in [0.5, 0.6) is 0 Å². The molecule has 1 fully saturated rings. The van der Waals surface area contributed by atoms with Crippen LogP contribution in [0.15, 0.2) is 22.2 Å². The smallest absolute Gasteiger partial charge is 0.259 e. The Morgan fingerprint density at radius 2 is 2.32 bits per heavy atom. The summed E-state index contributed by atoms with van der Waals surface area (Å²) in [4.78, 5) is 17.5. The van der Waals surface area contributed by atoms with E-state index in [0.29, 0.717) is 23.7 Å². The minimum Gasteiger partial charge on any atom is -0.348 e. The SMILES string of the molecule is CCCc1noc2nc(C3CC3)cc(C(=O)NCC3=CCNCC3)c12. The molecule has 0 radical (unpaired) electrons. The quantitative estimate of drug-likeness (QED) is 0.790. The van der Waals surface area contributed by atoms with E-state index in [1.807, 2.05) is 6.07 Å². The van der Waals surface area contributed by atoms with Crippen molar-refractivity contribution in [2.24, 2.45) is 0 Å². The lowest BCUT2D eigenvalue weighted by Gasteiger charge is -2.15. The van der Waals surface area contributed by atoms with Crippen molar-refractivity contribution >= 4 is 17.0 Å². The van der Waals surface area contributed by atoms with Crippen molar-refractivity contribution in [3.8, 4) is 0 Å². The molecule has 6 heteroatoms. The largest absolute Gasteiger partial charge is 0.348 e. The zero-order valence-corrected chi connectivity index (χ0v) is 14.6. The Balaban J connectivity index is 1.64. The van der Waals surface area contributed by atoms with Gasteiger partial charge in [-0.1, -0.05) is 30.2 Å². The molecule has 4 rings (SSSR count). The van der Waals surface area contributed by atoms with Crippen molar-refractivity contribution in [1.29, 1.82) is 0 Å². The molecule has 0 bridgehead atoms. The summed E-state index contributed by atoms with van der Waals surface area (Å²) in [6.45, 7) is 4.54. The highest BCUT2D eigenvalue weighted by molar-refractivity contribution is 6.06. The number of rotatable bonds is 6. The Bertz CT molecular complexity index is 820. The molecule has 0 saturated heterocycles. The first-order valence-corrected chi connectivity index (χ1v) is 9.22. The molecule has 1 saturated carbocycles. The Labute approximate surface area is 147 Å². The van der Waals surface area contributed by atoms with Crippen LogP contribution in [-0.4, -0.2) is 35.7 Å². The van der Waals surface area contributed by atoms with Crippen LogP contribution >= 0.6 is 0 Å². The molecule has 0 aromatic carbocycles. The second-order valence-corrected chi connectivity index (χ2v) is 6.93. The first-order chi connectivity index (χ1) is 12.3.